The number of aliphatic carboxylic acids is 1. The molecule has 0 aliphatic heterocycles. The van der Waals surface area contributed by atoms with Gasteiger partial charge >= 0.3 is 5.97 Å². The molecule has 2 rings (SSSR count). The first kappa shape index (κ1) is 8.75. The molecule has 1 atom stereocenters. The fraction of sp³-hybridized carbons (Fsp3) is 0.500. The van der Waals surface area contributed by atoms with Crippen LogP contribution in [0.25, 0.3) is 0 Å². The topological polar surface area (TPSA) is 37.3 Å². The van der Waals surface area contributed by atoms with Gasteiger partial charge in [-0.15, -0.1) is 11.3 Å². The molecule has 1 N–H and O–H groups in total. The lowest BCUT2D eigenvalue weighted by molar-refractivity contribution is -0.139. The summed E-state index contributed by atoms with van der Waals surface area (Å²) < 4.78 is 0. The normalized spacial score (nSPS) is 21.2. The minimum atomic E-state index is -0.664. The van der Waals surface area contributed by atoms with Crippen LogP contribution in [0.3, 0.4) is 0 Å². The number of carboxylic acids is 1. The van der Waals surface area contributed by atoms with Crippen LogP contribution >= 0.6 is 11.3 Å². The summed E-state index contributed by atoms with van der Waals surface area (Å²) in [6.07, 6.45) is 2.89. The maximum atomic E-state index is 11.0. The lowest BCUT2D eigenvalue weighted by atomic mass is 9.86. The average Bonchev–Trinajstić information content (AvgIpc) is 2.48. The molecule has 0 fully saturated rings. The molecule has 1 aromatic heterocycles. The van der Waals surface area contributed by atoms with E-state index in [4.69, 9.17) is 5.11 Å². The molecule has 0 aromatic carbocycles. The number of hydrogen-bond donors (Lipinski definition) is 1. The van der Waals surface area contributed by atoms with Gasteiger partial charge in [0.1, 0.15) is 0 Å². The minimum Gasteiger partial charge on any atom is -0.481 e. The van der Waals surface area contributed by atoms with E-state index in [2.05, 4.69) is 5.38 Å². The maximum Gasteiger partial charge on any atom is 0.311 e. The number of rotatable bonds is 1. The van der Waals surface area contributed by atoms with Crippen LogP contribution in [0.1, 0.15) is 34.8 Å². The van der Waals surface area contributed by atoms with E-state index in [9.17, 15) is 4.79 Å². The van der Waals surface area contributed by atoms with E-state index in [-0.39, 0.29) is 5.92 Å². The molecular formula is C10H12O2S. The third-order valence-electron chi connectivity index (χ3n) is 2.65. The van der Waals surface area contributed by atoms with Crippen molar-refractivity contribution >= 4 is 17.3 Å². The predicted octanol–water partition coefficient (Wildman–Crippen LogP) is 2.56. The van der Waals surface area contributed by atoms with Gasteiger partial charge in [0.05, 0.1) is 5.92 Å². The summed E-state index contributed by atoms with van der Waals surface area (Å²) in [7, 11) is 0. The van der Waals surface area contributed by atoms with Crippen LogP contribution in [-0.2, 0) is 11.2 Å². The van der Waals surface area contributed by atoms with Gasteiger partial charge in [0, 0.05) is 4.88 Å². The molecule has 1 aromatic rings. The molecule has 0 radical (unpaired) electrons. The van der Waals surface area contributed by atoms with Gasteiger partial charge in [-0.2, -0.15) is 0 Å². The first-order valence-electron chi connectivity index (χ1n) is 4.50. The van der Waals surface area contributed by atoms with Crippen molar-refractivity contribution in [2.24, 2.45) is 0 Å². The average molecular weight is 196 g/mol. The SMILES string of the molecule is Cc1csc2c1C(C(=O)O)CCC2. The van der Waals surface area contributed by atoms with E-state index in [1.807, 2.05) is 6.92 Å². The van der Waals surface area contributed by atoms with Gasteiger partial charge in [0.2, 0.25) is 0 Å². The van der Waals surface area contributed by atoms with Gasteiger partial charge < -0.3 is 5.11 Å². The van der Waals surface area contributed by atoms with Gasteiger partial charge in [0.25, 0.3) is 0 Å². The zero-order chi connectivity index (χ0) is 9.42. The number of hydrogen-bond acceptors (Lipinski definition) is 2. The number of carboxylic acid groups (broad SMARTS) is 1. The summed E-state index contributed by atoms with van der Waals surface area (Å²) >= 11 is 1.71. The van der Waals surface area contributed by atoms with Crippen molar-refractivity contribution < 1.29 is 9.90 Å². The highest BCUT2D eigenvalue weighted by atomic mass is 32.1. The highest BCUT2D eigenvalue weighted by molar-refractivity contribution is 7.10. The Morgan fingerprint density at radius 2 is 2.46 bits per heavy atom. The molecule has 1 unspecified atom stereocenters. The fourth-order valence-corrected chi connectivity index (χ4v) is 3.17. The van der Waals surface area contributed by atoms with Crippen molar-refractivity contribution in [2.75, 3.05) is 0 Å². The van der Waals surface area contributed by atoms with Crippen LogP contribution < -0.4 is 0 Å². The van der Waals surface area contributed by atoms with Crippen molar-refractivity contribution in [1.29, 1.82) is 0 Å². The van der Waals surface area contributed by atoms with E-state index in [1.54, 1.807) is 11.3 Å². The van der Waals surface area contributed by atoms with Gasteiger partial charge in [-0.05, 0) is 42.7 Å². The van der Waals surface area contributed by atoms with Gasteiger partial charge in [-0.1, -0.05) is 0 Å². The van der Waals surface area contributed by atoms with E-state index in [0.717, 1.165) is 30.4 Å². The van der Waals surface area contributed by atoms with E-state index >= 15 is 0 Å². The smallest absolute Gasteiger partial charge is 0.311 e. The lowest BCUT2D eigenvalue weighted by Crippen LogP contribution is -2.17. The highest BCUT2D eigenvalue weighted by Crippen LogP contribution is 2.37. The third-order valence-corrected chi connectivity index (χ3v) is 3.83. The summed E-state index contributed by atoms with van der Waals surface area (Å²) in [5.74, 6) is -0.905. The molecule has 13 heavy (non-hydrogen) atoms. The summed E-state index contributed by atoms with van der Waals surface area (Å²) in [6.45, 7) is 2.01. The Labute approximate surface area is 81.2 Å². The molecule has 0 amide bonds. The van der Waals surface area contributed by atoms with E-state index in [0.29, 0.717) is 0 Å². The van der Waals surface area contributed by atoms with Crippen LogP contribution in [0, 0.1) is 6.92 Å². The molecule has 0 saturated carbocycles. The Morgan fingerprint density at radius 1 is 1.69 bits per heavy atom. The summed E-state index contributed by atoms with van der Waals surface area (Å²) in [5.41, 5.74) is 2.26. The van der Waals surface area contributed by atoms with Gasteiger partial charge in [-0.3, -0.25) is 4.79 Å². The molecule has 3 heteroatoms. The maximum absolute atomic E-state index is 11.0. The minimum absolute atomic E-state index is 0.241. The molecule has 1 aliphatic rings. The second-order valence-corrected chi connectivity index (χ2v) is 4.50. The first-order chi connectivity index (χ1) is 6.20. The third kappa shape index (κ3) is 1.37. The van der Waals surface area contributed by atoms with E-state index in [1.165, 1.54) is 4.88 Å². The van der Waals surface area contributed by atoms with Crippen LogP contribution in [0.15, 0.2) is 5.38 Å². The largest absolute Gasteiger partial charge is 0.481 e. The first-order valence-corrected chi connectivity index (χ1v) is 5.38. The van der Waals surface area contributed by atoms with Crippen LogP contribution in [0.4, 0.5) is 0 Å². The summed E-state index contributed by atoms with van der Waals surface area (Å²) in [5, 5.41) is 11.1. The quantitative estimate of drug-likeness (QED) is 0.749. The second-order valence-electron chi connectivity index (χ2n) is 3.54. The van der Waals surface area contributed by atoms with Crippen molar-refractivity contribution in [3.05, 3.63) is 21.4 Å². The molecule has 2 nitrogen and oxygen atoms in total. The van der Waals surface area contributed by atoms with Crippen LogP contribution in [0.5, 0.6) is 0 Å². The monoisotopic (exact) mass is 196 g/mol. The Morgan fingerprint density at radius 3 is 3.15 bits per heavy atom. The second kappa shape index (κ2) is 3.14. The molecule has 1 heterocycles. The van der Waals surface area contributed by atoms with Crippen molar-refractivity contribution in [1.82, 2.24) is 0 Å². The lowest BCUT2D eigenvalue weighted by Gasteiger charge is -2.19. The zero-order valence-corrected chi connectivity index (χ0v) is 8.36. The number of thiophene rings is 1. The molecule has 0 bridgehead atoms. The number of fused-ring (bicyclic) bond motifs is 1. The Kier molecular flexibility index (Phi) is 2.12. The summed E-state index contributed by atoms with van der Waals surface area (Å²) in [6, 6.07) is 0. The van der Waals surface area contributed by atoms with E-state index < -0.39 is 5.97 Å². The molecule has 0 spiro atoms. The fourth-order valence-electron chi connectivity index (χ4n) is 2.03. The molecular weight excluding hydrogens is 184 g/mol. The standard InChI is InChI=1S/C10H12O2S/c1-6-5-13-8-4-2-3-7(9(6)8)10(11)12/h5,7H,2-4H2,1H3,(H,11,12). The predicted molar refractivity (Wildman–Crippen MR) is 52.4 cm³/mol. The van der Waals surface area contributed by atoms with Gasteiger partial charge in [-0.25, -0.2) is 0 Å². The Bertz CT molecular complexity index is 341. The van der Waals surface area contributed by atoms with Crippen molar-refractivity contribution in [3.8, 4) is 0 Å². The summed E-state index contributed by atoms with van der Waals surface area (Å²) in [4.78, 5) is 12.3. The van der Waals surface area contributed by atoms with Crippen molar-refractivity contribution in [2.45, 2.75) is 32.1 Å². The molecule has 1 aliphatic carbocycles. The number of carbonyl (C=O) groups is 1. The van der Waals surface area contributed by atoms with Crippen molar-refractivity contribution in [3.63, 3.8) is 0 Å². The van der Waals surface area contributed by atoms with Crippen LogP contribution in [0.2, 0.25) is 0 Å². The number of aryl methyl sites for hydroxylation is 2. The molecule has 0 saturated heterocycles. The van der Waals surface area contributed by atoms with Gasteiger partial charge in [0.15, 0.2) is 0 Å². The molecule has 70 valence electrons. The Hall–Kier alpha value is -0.830. The Balaban J connectivity index is 2.46. The highest BCUT2D eigenvalue weighted by Gasteiger charge is 2.28. The van der Waals surface area contributed by atoms with Crippen LogP contribution in [-0.4, -0.2) is 11.1 Å². The zero-order valence-electron chi connectivity index (χ0n) is 7.54.